The third kappa shape index (κ3) is 7.82. The lowest BCUT2D eigenvalue weighted by Crippen LogP contribution is -2.34. The van der Waals surface area contributed by atoms with Gasteiger partial charge in [0.15, 0.2) is 0 Å². The first-order chi connectivity index (χ1) is 17.6. The Balaban J connectivity index is 1.68. The number of carbonyl (C=O) groups is 2. The van der Waals surface area contributed by atoms with Gasteiger partial charge in [-0.15, -0.1) is 0 Å². The molecule has 0 saturated heterocycles. The van der Waals surface area contributed by atoms with Crippen molar-refractivity contribution in [2.24, 2.45) is 0 Å². The highest BCUT2D eigenvalue weighted by molar-refractivity contribution is 5.97. The molecule has 0 heterocycles. The summed E-state index contributed by atoms with van der Waals surface area (Å²) in [7, 11) is 0. The van der Waals surface area contributed by atoms with E-state index in [1.165, 1.54) is 0 Å². The van der Waals surface area contributed by atoms with Crippen LogP contribution < -0.4 is 0 Å². The summed E-state index contributed by atoms with van der Waals surface area (Å²) in [4.78, 5) is 29.7. The average molecular weight is 479 g/mol. The van der Waals surface area contributed by atoms with Crippen molar-refractivity contribution >= 4 is 11.8 Å². The summed E-state index contributed by atoms with van der Waals surface area (Å²) in [6.07, 6.45) is 1.91. The number of amides is 2. The molecule has 0 saturated carbocycles. The fraction of sp³-hybridized carbons (Fsp3) is 0.267. The molecule has 0 fully saturated rings. The van der Waals surface area contributed by atoms with Gasteiger partial charge in [0.2, 0.25) is 0 Å². The molecule has 0 radical (unpaired) electrons. The van der Waals surface area contributed by atoms with Gasteiger partial charge in [0, 0.05) is 37.3 Å². The van der Waals surface area contributed by atoms with E-state index in [1.54, 1.807) is 34.1 Å². The lowest BCUT2D eigenvalue weighted by atomic mass is 10.1. The molecule has 0 aliphatic heterocycles. The SMILES string of the molecule is N#CCCN(CCc1ccccc1)C(=O)c1ccc(C(=O)N(CCC#N)CCc2ccccc2)cc1. The summed E-state index contributed by atoms with van der Waals surface area (Å²) in [5.74, 6) is -0.323. The summed E-state index contributed by atoms with van der Waals surface area (Å²) in [5, 5.41) is 18.1. The molecule has 0 atom stereocenters. The molecule has 3 aromatic rings. The minimum absolute atomic E-state index is 0.161. The van der Waals surface area contributed by atoms with Crippen molar-refractivity contribution in [2.75, 3.05) is 26.2 Å². The zero-order valence-corrected chi connectivity index (χ0v) is 20.3. The van der Waals surface area contributed by atoms with E-state index >= 15 is 0 Å². The fourth-order valence-electron chi connectivity index (χ4n) is 3.94. The van der Waals surface area contributed by atoms with Crippen molar-refractivity contribution in [1.82, 2.24) is 9.80 Å². The molecule has 3 aromatic carbocycles. The molecule has 6 heteroatoms. The number of benzene rings is 3. The summed E-state index contributed by atoms with van der Waals surface area (Å²) in [6, 6.07) is 30.7. The standard InChI is InChI=1S/C30H30N4O2/c31-19-7-21-33(23-17-25-9-3-1-4-10-25)29(35)27-13-15-28(16-14-27)30(36)34(22-8-20-32)24-18-26-11-5-2-6-12-26/h1-6,9-16H,7-8,17-18,21-24H2. The van der Waals surface area contributed by atoms with Crippen LogP contribution >= 0.6 is 0 Å². The van der Waals surface area contributed by atoms with Crippen LogP contribution in [0.15, 0.2) is 84.9 Å². The lowest BCUT2D eigenvalue weighted by Gasteiger charge is -2.23. The second-order valence-corrected chi connectivity index (χ2v) is 8.45. The number of hydrogen-bond acceptors (Lipinski definition) is 4. The third-order valence-electron chi connectivity index (χ3n) is 5.97. The van der Waals surface area contributed by atoms with Crippen molar-refractivity contribution in [1.29, 1.82) is 10.5 Å². The van der Waals surface area contributed by atoms with Crippen LogP contribution in [0.25, 0.3) is 0 Å². The molecular formula is C30H30N4O2. The van der Waals surface area contributed by atoms with E-state index in [0.29, 0.717) is 50.1 Å². The topological polar surface area (TPSA) is 88.2 Å². The first-order valence-electron chi connectivity index (χ1n) is 12.1. The Morgan fingerprint density at radius 3 is 1.25 bits per heavy atom. The molecule has 0 spiro atoms. The van der Waals surface area contributed by atoms with Crippen molar-refractivity contribution in [3.63, 3.8) is 0 Å². The minimum atomic E-state index is -0.161. The maximum absolute atomic E-state index is 13.2. The maximum atomic E-state index is 13.2. The van der Waals surface area contributed by atoms with E-state index < -0.39 is 0 Å². The molecule has 0 N–H and O–H groups in total. The van der Waals surface area contributed by atoms with Crippen molar-refractivity contribution < 1.29 is 9.59 Å². The number of carbonyl (C=O) groups excluding carboxylic acids is 2. The Bertz CT molecular complexity index is 1100. The van der Waals surface area contributed by atoms with Crippen LogP contribution in [0.1, 0.15) is 44.7 Å². The molecule has 0 bridgehead atoms. The number of nitriles is 2. The van der Waals surface area contributed by atoms with E-state index in [4.69, 9.17) is 10.5 Å². The predicted octanol–water partition coefficient (Wildman–Crippen LogP) is 4.88. The van der Waals surface area contributed by atoms with Gasteiger partial charge in [-0.2, -0.15) is 10.5 Å². The Morgan fingerprint density at radius 1 is 0.556 bits per heavy atom. The molecule has 6 nitrogen and oxygen atoms in total. The fourth-order valence-corrected chi connectivity index (χ4v) is 3.94. The van der Waals surface area contributed by atoms with Crippen LogP contribution in [0.2, 0.25) is 0 Å². The molecule has 0 aliphatic rings. The van der Waals surface area contributed by atoms with Gasteiger partial charge >= 0.3 is 0 Å². The van der Waals surface area contributed by atoms with Crippen LogP contribution in [-0.2, 0) is 12.8 Å². The normalized spacial score (nSPS) is 10.2. The average Bonchev–Trinajstić information content (AvgIpc) is 2.94. The lowest BCUT2D eigenvalue weighted by molar-refractivity contribution is 0.0748. The Hall–Kier alpha value is -4.42. The number of hydrogen-bond donors (Lipinski definition) is 0. The van der Waals surface area contributed by atoms with E-state index in [-0.39, 0.29) is 24.7 Å². The van der Waals surface area contributed by atoms with E-state index in [9.17, 15) is 9.59 Å². The summed E-state index contributed by atoms with van der Waals surface area (Å²) in [5.41, 5.74) is 3.21. The number of rotatable bonds is 12. The van der Waals surface area contributed by atoms with Gasteiger partial charge < -0.3 is 9.80 Å². The highest BCUT2D eigenvalue weighted by Gasteiger charge is 2.19. The molecule has 0 aromatic heterocycles. The van der Waals surface area contributed by atoms with Crippen molar-refractivity contribution in [2.45, 2.75) is 25.7 Å². The quantitative estimate of drug-likeness (QED) is 0.371. The maximum Gasteiger partial charge on any atom is 0.253 e. The van der Waals surface area contributed by atoms with Gasteiger partial charge in [0.05, 0.1) is 25.0 Å². The Labute approximate surface area is 213 Å². The van der Waals surface area contributed by atoms with Crippen LogP contribution in [0.4, 0.5) is 0 Å². The van der Waals surface area contributed by atoms with E-state index in [0.717, 1.165) is 11.1 Å². The zero-order valence-electron chi connectivity index (χ0n) is 20.3. The molecule has 2 amide bonds. The summed E-state index contributed by atoms with van der Waals surface area (Å²) < 4.78 is 0. The van der Waals surface area contributed by atoms with Crippen LogP contribution in [0.3, 0.4) is 0 Å². The largest absolute Gasteiger partial charge is 0.337 e. The predicted molar refractivity (Wildman–Crippen MR) is 139 cm³/mol. The van der Waals surface area contributed by atoms with E-state index in [2.05, 4.69) is 12.1 Å². The smallest absolute Gasteiger partial charge is 0.253 e. The van der Waals surface area contributed by atoms with Crippen molar-refractivity contribution in [3.8, 4) is 12.1 Å². The molecule has 0 unspecified atom stereocenters. The second-order valence-electron chi connectivity index (χ2n) is 8.45. The van der Waals surface area contributed by atoms with Crippen LogP contribution in [0, 0.1) is 22.7 Å². The number of nitrogens with zero attached hydrogens (tertiary/aromatic N) is 4. The molecule has 0 aliphatic carbocycles. The van der Waals surface area contributed by atoms with Gasteiger partial charge in [0.1, 0.15) is 0 Å². The second kappa shape index (κ2) is 14.1. The molecule has 182 valence electrons. The third-order valence-corrected chi connectivity index (χ3v) is 5.97. The van der Waals surface area contributed by atoms with Gasteiger partial charge in [-0.3, -0.25) is 9.59 Å². The van der Waals surface area contributed by atoms with Crippen LogP contribution in [-0.4, -0.2) is 47.8 Å². The zero-order chi connectivity index (χ0) is 25.6. The highest BCUT2D eigenvalue weighted by Crippen LogP contribution is 2.13. The monoisotopic (exact) mass is 478 g/mol. The first kappa shape index (κ1) is 26.2. The van der Waals surface area contributed by atoms with Crippen LogP contribution in [0.5, 0.6) is 0 Å². The van der Waals surface area contributed by atoms with Gasteiger partial charge in [0.25, 0.3) is 11.8 Å². The van der Waals surface area contributed by atoms with Gasteiger partial charge in [-0.1, -0.05) is 60.7 Å². The molecular weight excluding hydrogens is 448 g/mol. The Kier molecular flexibility index (Phi) is 10.2. The first-order valence-corrected chi connectivity index (χ1v) is 12.1. The van der Waals surface area contributed by atoms with Gasteiger partial charge in [-0.05, 0) is 48.2 Å². The Morgan fingerprint density at radius 2 is 0.917 bits per heavy atom. The van der Waals surface area contributed by atoms with Gasteiger partial charge in [-0.25, -0.2) is 0 Å². The van der Waals surface area contributed by atoms with Crippen molar-refractivity contribution in [3.05, 3.63) is 107 Å². The summed E-state index contributed by atoms with van der Waals surface area (Å²) in [6.45, 7) is 1.72. The molecule has 3 rings (SSSR count). The molecule has 36 heavy (non-hydrogen) atoms. The highest BCUT2D eigenvalue weighted by atomic mass is 16.2. The minimum Gasteiger partial charge on any atom is -0.337 e. The van der Waals surface area contributed by atoms with E-state index in [1.807, 2.05) is 60.7 Å². The summed E-state index contributed by atoms with van der Waals surface area (Å²) >= 11 is 0.